The van der Waals surface area contributed by atoms with Gasteiger partial charge in [0, 0.05) is 51.3 Å². The number of hydrogen-bond acceptors (Lipinski definition) is 6. The van der Waals surface area contributed by atoms with Gasteiger partial charge in [-0.25, -0.2) is 8.42 Å². The first kappa shape index (κ1) is 24.5. The predicted molar refractivity (Wildman–Crippen MR) is 130 cm³/mol. The van der Waals surface area contributed by atoms with Crippen molar-refractivity contribution in [1.82, 2.24) is 14.5 Å². The predicted octanol–water partition coefficient (Wildman–Crippen LogP) is 2.21. The lowest BCUT2D eigenvalue weighted by molar-refractivity contribution is -0.123. The highest BCUT2D eigenvalue weighted by Gasteiger charge is 2.32. The average Bonchev–Trinajstić information content (AvgIpc) is 3.12. The number of carbonyl (C=O) groups excluding carboxylic acids is 1. The Morgan fingerprint density at radius 1 is 1.09 bits per heavy atom. The zero-order chi connectivity index (χ0) is 24.3. The van der Waals surface area contributed by atoms with Crippen LogP contribution in [-0.4, -0.2) is 75.0 Å². The fraction of sp³-hybridized carbons (Fsp3) is 0.480. The van der Waals surface area contributed by atoms with Crippen LogP contribution in [0.1, 0.15) is 25.0 Å². The Morgan fingerprint density at radius 2 is 1.79 bits per heavy atom. The van der Waals surface area contributed by atoms with Crippen LogP contribution >= 0.6 is 0 Å². The van der Waals surface area contributed by atoms with Crippen molar-refractivity contribution < 1.29 is 22.7 Å². The standard InChI is InChI=1S/C25H33N3O5S/c1-19-7-9-21(10-8-19)34(30,31)28-15-13-27(14-16-28)12-11-26-23(29)18-32-22-6-4-5-20-17-25(2,3)33-24(20)22/h4-10H,11-18H2,1-3H3,(H,26,29). The number of amides is 1. The molecular formula is C25H33N3O5S. The number of hydrogen-bond donors (Lipinski definition) is 1. The first-order valence-corrected chi connectivity index (χ1v) is 13.1. The number of fused-ring (bicyclic) bond motifs is 1. The number of sulfonamides is 1. The van der Waals surface area contributed by atoms with Crippen molar-refractivity contribution in [3.05, 3.63) is 53.6 Å². The maximum atomic E-state index is 12.8. The number of piperazine rings is 1. The van der Waals surface area contributed by atoms with Gasteiger partial charge >= 0.3 is 0 Å². The quantitative estimate of drug-likeness (QED) is 0.614. The van der Waals surface area contributed by atoms with Gasteiger partial charge in [0.2, 0.25) is 10.0 Å². The molecule has 0 atom stereocenters. The van der Waals surface area contributed by atoms with E-state index in [-0.39, 0.29) is 18.1 Å². The summed E-state index contributed by atoms with van der Waals surface area (Å²) in [5.74, 6) is 1.11. The third-order valence-electron chi connectivity index (χ3n) is 6.15. The smallest absolute Gasteiger partial charge is 0.257 e. The van der Waals surface area contributed by atoms with Gasteiger partial charge in [-0.2, -0.15) is 4.31 Å². The van der Waals surface area contributed by atoms with Crippen LogP contribution in [-0.2, 0) is 21.2 Å². The highest BCUT2D eigenvalue weighted by atomic mass is 32.2. The van der Waals surface area contributed by atoms with Crippen LogP contribution < -0.4 is 14.8 Å². The van der Waals surface area contributed by atoms with E-state index < -0.39 is 10.0 Å². The lowest BCUT2D eigenvalue weighted by Gasteiger charge is -2.34. The average molecular weight is 488 g/mol. The summed E-state index contributed by atoms with van der Waals surface area (Å²) in [6, 6.07) is 12.7. The lowest BCUT2D eigenvalue weighted by atomic mass is 10.0. The van der Waals surface area contributed by atoms with Crippen molar-refractivity contribution in [3.63, 3.8) is 0 Å². The van der Waals surface area contributed by atoms with Gasteiger partial charge in [-0.1, -0.05) is 29.8 Å². The summed E-state index contributed by atoms with van der Waals surface area (Å²) < 4.78 is 38.9. The van der Waals surface area contributed by atoms with Crippen molar-refractivity contribution in [2.45, 2.75) is 37.7 Å². The molecule has 4 rings (SSSR count). The van der Waals surface area contributed by atoms with Crippen LogP contribution in [0.5, 0.6) is 11.5 Å². The third-order valence-corrected chi connectivity index (χ3v) is 8.07. The lowest BCUT2D eigenvalue weighted by Crippen LogP contribution is -2.50. The molecule has 34 heavy (non-hydrogen) atoms. The summed E-state index contributed by atoms with van der Waals surface area (Å²) in [5.41, 5.74) is 1.85. The second-order valence-electron chi connectivity index (χ2n) is 9.48. The molecule has 0 bridgehead atoms. The first-order valence-electron chi connectivity index (χ1n) is 11.6. The minimum atomic E-state index is -3.47. The molecule has 1 amide bonds. The molecule has 0 unspecified atom stereocenters. The largest absolute Gasteiger partial charge is 0.483 e. The fourth-order valence-corrected chi connectivity index (χ4v) is 5.72. The number of rotatable bonds is 8. The van der Waals surface area contributed by atoms with E-state index in [1.807, 2.05) is 51.1 Å². The summed E-state index contributed by atoms with van der Waals surface area (Å²) >= 11 is 0. The number of aryl methyl sites for hydroxylation is 1. The molecule has 2 aliphatic heterocycles. The van der Waals surface area contributed by atoms with Gasteiger partial charge in [-0.05, 0) is 39.0 Å². The van der Waals surface area contributed by atoms with Gasteiger partial charge < -0.3 is 14.8 Å². The van der Waals surface area contributed by atoms with Crippen molar-refractivity contribution >= 4 is 15.9 Å². The topological polar surface area (TPSA) is 88.2 Å². The first-order chi connectivity index (χ1) is 16.1. The van der Waals surface area contributed by atoms with E-state index in [9.17, 15) is 13.2 Å². The molecule has 8 nitrogen and oxygen atoms in total. The van der Waals surface area contributed by atoms with Gasteiger partial charge in [0.1, 0.15) is 5.60 Å². The summed E-state index contributed by atoms with van der Waals surface area (Å²) in [5, 5.41) is 2.88. The van der Waals surface area contributed by atoms with Crippen molar-refractivity contribution in [3.8, 4) is 11.5 Å². The van der Waals surface area contributed by atoms with Crippen LogP contribution in [0.3, 0.4) is 0 Å². The van der Waals surface area contributed by atoms with E-state index in [4.69, 9.17) is 9.47 Å². The van der Waals surface area contributed by atoms with Gasteiger partial charge in [0.25, 0.3) is 5.91 Å². The normalized spacial score (nSPS) is 18.2. The Hall–Kier alpha value is -2.62. The second-order valence-corrected chi connectivity index (χ2v) is 11.4. The molecule has 0 spiro atoms. The van der Waals surface area contributed by atoms with E-state index in [2.05, 4.69) is 10.2 Å². The van der Waals surface area contributed by atoms with Crippen molar-refractivity contribution in [2.24, 2.45) is 0 Å². The molecule has 1 saturated heterocycles. The van der Waals surface area contributed by atoms with Crippen LogP contribution in [0.25, 0.3) is 0 Å². The highest BCUT2D eigenvalue weighted by molar-refractivity contribution is 7.89. The molecule has 0 aromatic heterocycles. The van der Waals surface area contributed by atoms with E-state index in [0.29, 0.717) is 49.9 Å². The van der Waals surface area contributed by atoms with Crippen molar-refractivity contribution in [1.29, 1.82) is 0 Å². The molecule has 0 radical (unpaired) electrons. The summed E-state index contributed by atoms with van der Waals surface area (Å²) in [6.07, 6.45) is 0.811. The minimum absolute atomic E-state index is 0.0805. The molecule has 0 aliphatic carbocycles. The third kappa shape index (κ3) is 5.71. The van der Waals surface area contributed by atoms with Gasteiger partial charge in [0.15, 0.2) is 18.1 Å². The molecule has 1 fully saturated rings. The maximum Gasteiger partial charge on any atom is 0.257 e. The SMILES string of the molecule is Cc1ccc(S(=O)(=O)N2CCN(CCNC(=O)COc3cccc4c3OC(C)(C)C4)CC2)cc1. The molecule has 2 aliphatic rings. The molecule has 184 valence electrons. The van der Waals surface area contributed by atoms with E-state index in [0.717, 1.165) is 23.3 Å². The van der Waals surface area contributed by atoms with Gasteiger partial charge in [-0.3, -0.25) is 9.69 Å². The number of ether oxygens (including phenoxy) is 2. The summed E-state index contributed by atoms with van der Waals surface area (Å²) in [4.78, 5) is 14.8. The molecule has 0 saturated carbocycles. The number of para-hydroxylation sites is 1. The number of nitrogens with zero attached hydrogens (tertiary/aromatic N) is 2. The van der Waals surface area contributed by atoms with Crippen LogP contribution in [0.15, 0.2) is 47.4 Å². The molecule has 1 N–H and O–H groups in total. The number of benzene rings is 2. The Balaban J connectivity index is 1.18. The Bertz CT molecular complexity index is 1120. The maximum absolute atomic E-state index is 12.8. The Labute approximate surface area is 201 Å². The number of nitrogens with one attached hydrogen (secondary N) is 1. The zero-order valence-electron chi connectivity index (χ0n) is 20.0. The van der Waals surface area contributed by atoms with Gasteiger partial charge in [0.05, 0.1) is 4.90 Å². The molecule has 2 heterocycles. The highest BCUT2D eigenvalue weighted by Crippen LogP contribution is 2.41. The summed E-state index contributed by atoms with van der Waals surface area (Å²) in [6.45, 7) is 9.16. The van der Waals surface area contributed by atoms with Gasteiger partial charge in [-0.15, -0.1) is 0 Å². The van der Waals surface area contributed by atoms with E-state index >= 15 is 0 Å². The molecule has 2 aromatic carbocycles. The van der Waals surface area contributed by atoms with E-state index in [1.165, 1.54) is 4.31 Å². The van der Waals surface area contributed by atoms with E-state index in [1.54, 1.807) is 12.1 Å². The zero-order valence-corrected chi connectivity index (χ0v) is 20.9. The second kappa shape index (κ2) is 9.93. The van der Waals surface area contributed by atoms with Crippen LogP contribution in [0.4, 0.5) is 0 Å². The Morgan fingerprint density at radius 3 is 2.50 bits per heavy atom. The molecule has 2 aromatic rings. The van der Waals surface area contributed by atoms with Crippen LogP contribution in [0.2, 0.25) is 0 Å². The van der Waals surface area contributed by atoms with Crippen LogP contribution in [0, 0.1) is 6.92 Å². The van der Waals surface area contributed by atoms with Crippen molar-refractivity contribution in [2.75, 3.05) is 45.9 Å². The monoisotopic (exact) mass is 487 g/mol. The minimum Gasteiger partial charge on any atom is -0.483 e. The molecular weight excluding hydrogens is 454 g/mol. The fourth-order valence-electron chi connectivity index (χ4n) is 4.30. The molecule has 9 heteroatoms. The number of carbonyl (C=O) groups is 1. The Kier molecular flexibility index (Phi) is 7.16. The summed E-state index contributed by atoms with van der Waals surface area (Å²) in [7, 11) is -3.47.